The van der Waals surface area contributed by atoms with Gasteiger partial charge in [-0.1, -0.05) is 0 Å². The van der Waals surface area contributed by atoms with E-state index >= 15 is 0 Å². The second-order valence-electron chi connectivity index (χ2n) is 3.34. The highest BCUT2D eigenvalue weighted by Crippen LogP contribution is 2.29. The lowest BCUT2D eigenvalue weighted by Crippen LogP contribution is -2.19. The largest absolute Gasteiger partial charge is 0.573 e. The molecular formula is C11H8F3NO3. The molecule has 18 heavy (non-hydrogen) atoms. The van der Waals surface area contributed by atoms with Gasteiger partial charge in [-0.2, -0.15) is 5.26 Å². The van der Waals surface area contributed by atoms with Gasteiger partial charge in [0.1, 0.15) is 17.4 Å². The predicted octanol–water partition coefficient (Wildman–Crippen LogP) is 2.55. The summed E-state index contributed by atoms with van der Waals surface area (Å²) in [5.41, 5.74) is -0.433. The number of hydrogen-bond donors (Lipinski definition) is 0. The van der Waals surface area contributed by atoms with Gasteiger partial charge in [-0.25, -0.2) is 4.79 Å². The van der Waals surface area contributed by atoms with Crippen LogP contribution in [0.2, 0.25) is 0 Å². The number of alkyl halides is 3. The Morgan fingerprint density at radius 3 is 2.44 bits per heavy atom. The van der Waals surface area contributed by atoms with E-state index in [9.17, 15) is 18.0 Å². The van der Waals surface area contributed by atoms with Gasteiger partial charge >= 0.3 is 12.3 Å². The summed E-state index contributed by atoms with van der Waals surface area (Å²) in [5.74, 6) is -1.62. The van der Waals surface area contributed by atoms with Crippen LogP contribution in [0.1, 0.15) is 21.5 Å². The van der Waals surface area contributed by atoms with E-state index in [1.807, 2.05) is 0 Å². The van der Waals surface area contributed by atoms with E-state index in [4.69, 9.17) is 5.26 Å². The molecule has 4 nitrogen and oxygen atoms in total. The first-order chi connectivity index (χ1) is 8.28. The van der Waals surface area contributed by atoms with Crippen LogP contribution < -0.4 is 4.74 Å². The molecule has 0 N–H and O–H groups in total. The highest BCUT2D eigenvalue weighted by molar-refractivity contribution is 5.93. The van der Waals surface area contributed by atoms with Crippen LogP contribution >= 0.6 is 0 Å². The first-order valence-corrected chi connectivity index (χ1v) is 4.67. The summed E-state index contributed by atoms with van der Waals surface area (Å²) in [5, 5.41) is 8.83. The van der Waals surface area contributed by atoms with Gasteiger partial charge in [0.05, 0.1) is 12.7 Å². The normalized spacial score (nSPS) is 10.7. The molecule has 0 aromatic heterocycles. The maximum atomic E-state index is 12.2. The number of nitriles is 1. The van der Waals surface area contributed by atoms with Crippen molar-refractivity contribution in [3.8, 4) is 11.8 Å². The molecule has 1 aromatic rings. The van der Waals surface area contributed by atoms with Gasteiger partial charge < -0.3 is 9.47 Å². The van der Waals surface area contributed by atoms with Crippen molar-refractivity contribution < 1.29 is 27.4 Å². The summed E-state index contributed by atoms with van der Waals surface area (Å²) < 4.78 is 44.6. The predicted molar refractivity (Wildman–Crippen MR) is 53.9 cm³/mol. The lowest BCUT2D eigenvalue weighted by Gasteiger charge is -2.13. The topological polar surface area (TPSA) is 59.3 Å². The van der Waals surface area contributed by atoms with Crippen molar-refractivity contribution in [2.24, 2.45) is 0 Å². The van der Waals surface area contributed by atoms with E-state index in [2.05, 4.69) is 9.47 Å². The Hall–Kier alpha value is -2.23. The second-order valence-corrected chi connectivity index (χ2v) is 3.34. The summed E-state index contributed by atoms with van der Waals surface area (Å²) in [4.78, 5) is 11.4. The van der Waals surface area contributed by atoms with Crippen LogP contribution in [0.3, 0.4) is 0 Å². The van der Waals surface area contributed by atoms with Crippen molar-refractivity contribution in [2.75, 3.05) is 7.11 Å². The van der Waals surface area contributed by atoms with Crippen molar-refractivity contribution >= 4 is 5.97 Å². The number of methoxy groups -OCH3 is 1. The second kappa shape index (κ2) is 4.96. The third-order valence-electron chi connectivity index (χ3n) is 1.99. The average Bonchev–Trinajstić information content (AvgIpc) is 2.25. The van der Waals surface area contributed by atoms with Crippen LogP contribution in [0.4, 0.5) is 13.2 Å². The standard InChI is InChI=1S/C11H8F3NO3/c1-6-3-7(10(16)17-2)8(5-15)9(4-6)18-11(12,13)14/h3-4H,1-2H3. The van der Waals surface area contributed by atoms with E-state index in [-0.39, 0.29) is 5.56 Å². The summed E-state index contributed by atoms with van der Waals surface area (Å²) in [6, 6.07) is 3.79. The number of carbonyl (C=O) groups excluding carboxylic acids is 1. The Kier molecular flexibility index (Phi) is 3.81. The van der Waals surface area contributed by atoms with Crippen LogP contribution in [0, 0.1) is 18.3 Å². The van der Waals surface area contributed by atoms with Crippen LogP contribution in [0.25, 0.3) is 0 Å². The number of esters is 1. The lowest BCUT2D eigenvalue weighted by atomic mass is 10.0. The zero-order valence-corrected chi connectivity index (χ0v) is 9.46. The van der Waals surface area contributed by atoms with Gasteiger partial charge in [-0.05, 0) is 24.6 Å². The first kappa shape index (κ1) is 13.8. The molecule has 0 aliphatic heterocycles. The third kappa shape index (κ3) is 3.13. The third-order valence-corrected chi connectivity index (χ3v) is 1.99. The zero-order chi connectivity index (χ0) is 13.9. The van der Waals surface area contributed by atoms with E-state index in [0.717, 1.165) is 13.2 Å². The van der Waals surface area contributed by atoms with Crippen molar-refractivity contribution in [3.05, 3.63) is 28.8 Å². The Labute approximate surface area is 101 Å². The fourth-order valence-electron chi connectivity index (χ4n) is 1.34. The Morgan fingerprint density at radius 1 is 1.39 bits per heavy atom. The molecule has 1 aromatic carbocycles. The van der Waals surface area contributed by atoms with Crippen molar-refractivity contribution in [2.45, 2.75) is 13.3 Å². The average molecular weight is 259 g/mol. The molecule has 96 valence electrons. The molecule has 0 aliphatic carbocycles. The summed E-state index contributed by atoms with van der Waals surface area (Å²) in [6.07, 6.45) is -4.94. The van der Waals surface area contributed by atoms with E-state index in [1.54, 1.807) is 0 Å². The molecule has 0 heterocycles. The van der Waals surface area contributed by atoms with E-state index in [0.29, 0.717) is 5.56 Å². The van der Waals surface area contributed by atoms with Crippen LogP contribution in [-0.4, -0.2) is 19.4 Å². The molecule has 0 bridgehead atoms. The van der Waals surface area contributed by atoms with Crippen LogP contribution in [0.5, 0.6) is 5.75 Å². The number of halogens is 3. The molecule has 7 heteroatoms. The molecule has 0 amide bonds. The SMILES string of the molecule is COC(=O)c1cc(C)cc(OC(F)(F)F)c1C#N. The number of rotatable bonds is 2. The molecule has 0 fully saturated rings. The minimum absolute atomic E-state index is 0.265. The van der Waals surface area contributed by atoms with Gasteiger partial charge in [0.25, 0.3) is 0 Å². The molecular weight excluding hydrogens is 251 g/mol. The minimum atomic E-state index is -4.94. The van der Waals surface area contributed by atoms with Crippen molar-refractivity contribution in [1.82, 2.24) is 0 Å². The lowest BCUT2D eigenvalue weighted by molar-refractivity contribution is -0.274. The number of ether oxygens (including phenoxy) is 2. The van der Waals surface area contributed by atoms with Crippen molar-refractivity contribution in [1.29, 1.82) is 5.26 Å². The van der Waals surface area contributed by atoms with Gasteiger partial charge in [0.15, 0.2) is 0 Å². The molecule has 0 unspecified atom stereocenters. The fraction of sp³-hybridized carbons (Fsp3) is 0.273. The quantitative estimate of drug-likeness (QED) is 0.766. The molecule has 0 aliphatic rings. The monoisotopic (exact) mass is 259 g/mol. The Balaban J connectivity index is 3.39. The van der Waals surface area contributed by atoms with E-state index < -0.39 is 23.6 Å². The number of hydrogen-bond acceptors (Lipinski definition) is 4. The fourth-order valence-corrected chi connectivity index (χ4v) is 1.34. The van der Waals surface area contributed by atoms with Crippen LogP contribution in [-0.2, 0) is 4.74 Å². The summed E-state index contributed by atoms with van der Waals surface area (Å²) in [6.45, 7) is 1.47. The van der Waals surface area contributed by atoms with Gasteiger partial charge in [0.2, 0.25) is 0 Å². The number of carbonyl (C=O) groups is 1. The summed E-state index contributed by atoms with van der Waals surface area (Å²) in [7, 11) is 1.07. The molecule has 0 saturated carbocycles. The van der Waals surface area contributed by atoms with Crippen LogP contribution in [0.15, 0.2) is 12.1 Å². The number of nitrogens with zero attached hydrogens (tertiary/aromatic N) is 1. The Morgan fingerprint density at radius 2 is 2.00 bits per heavy atom. The Bertz CT molecular complexity index is 517. The highest BCUT2D eigenvalue weighted by Gasteiger charge is 2.33. The minimum Gasteiger partial charge on any atom is -0.465 e. The maximum Gasteiger partial charge on any atom is 0.573 e. The van der Waals surface area contributed by atoms with Gasteiger partial charge in [0, 0.05) is 0 Å². The molecule has 0 spiro atoms. The molecule has 0 radical (unpaired) electrons. The summed E-state index contributed by atoms with van der Waals surface area (Å²) >= 11 is 0. The van der Waals surface area contributed by atoms with Crippen molar-refractivity contribution in [3.63, 3.8) is 0 Å². The molecule has 0 saturated heterocycles. The zero-order valence-electron chi connectivity index (χ0n) is 9.46. The van der Waals surface area contributed by atoms with Gasteiger partial charge in [-0.3, -0.25) is 0 Å². The maximum absolute atomic E-state index is 12.2. The molecule has 0 atom stereocenters. The first-order valence-electron chi connectivity index (χ1n) is 4.67. The smallest absolute Gasteiger partial charge is 0.465 e. The number of benzene rings is 1. The number of aryl methyl sites for hydroxylation is 1. The highest BCUT2D eigenvalue weighted by atomic mass is 19.4. The molecule has 1 rings (SSSR count). The van der Waals surface area contributed by atoms with E-state index in [1.165, 1.54) is 19.1 Å². The van der Waals surface area contributed by atoms with Gasteiger partial charge in [-0.15, -0.1) is 13.2 Å².